The van der Waals surface area contributed by atoms with Crippen LogP contribution in [0.2, 0.25) is 5.02 Å². The molecule has 0 N–H and O–H groups in total. The summed E-state index contributed by atoms with van der Waals surface area (Å²) in [4.78, 5) is 28.5. The number of esters is 1. The molecule has 1 amide bonds. The molecule has 1 aliphatic heterocycles. The highest BCUT2D eigenvalue weighted by Crippen LogP contribution is 2.30. The Labute approximate surface area is 186 Å². The van der Waals surface area contributed by atoms with E-state index >= 15 is 0 Å². The number of rotatable bonds is 7. The topological polar surface area (TPSA) is 59.1 Å². The second-order valence-corrected chi connectivity index (χ2v) is 7.60. The predicted molar refractivity (Wildman–Crippen MR) is 120 cm³/mol. The van der Waals surface area contributed by atoms with Crippen LogP contribution in [0.25, 0.3) is 0 Å². The number of halogens is 1. The summed E-state index contributed by atoms with van der Waals surface area (Å²) in [6.07, 6.45) is 1.35. The Morgan fingerprint density at radius 1 is 1.17 bits per heavy atom. The second-order valence-electron chi connectivity index (χ2n) is 6.83. The molecule has 1 saturated heterocycles. The number of carbonyl (C=O) groups is 2. The van der Waals surface area contributed by atoms with Crippen LogP contribution in [-0.4, -0.2) is 48.7 Å². The van der Waals surface area contributed by atoms with E-state index in [1.807, 2.05) is 36.1 Å². The van der Waals surface area contributed by atoms with Crippen LogP contribution in [0.3, 0.4) is 0 Å². The first kappa shape index (κ1) is 22.1. The van der Waals surface area contributed by atoms with Crippen LogP contribution >= 0.6 is 23.8 Å². The van der Waals surface area contributed by atoms with Crippen molar-refractivity contribution in [3.05, 3.63) is 58.6 Å². The largest absolute Gasteiger partial charge is 0.497 e. The Morgan fingerprint density at radius 2 is 1.87 bits per heavy atom. The van der Waals surface area contributed by atoms with Gasteiger partial charge in [0, 0.05) is 6.54 Å². The summed E-state index contributed by atoms with van der Waals surface area (Å²) in [6, 6.07) is 12.3. The van der Waals surface area contributed by atoms with Gasteiger partial charge in [0.05, 0.1) is 30.5 Å². The molecule has 6 nitrogen and oxygen atoms in total. The van der Waals surface area contributed by atoms with Gasteiger partial charge >= 0.3 is 5.97 Å². The van der Waals surface area contributed by atoms with E-state index in [4.69, 9.17) is 33.3 Å². The zero-order valence-corrected chi connectivity index (χ0v) is 18.6. The summed E-state index contributed by atoms with van der Waals surface area (Å²) in [5.74, 6) is 0.116. The number of ether oxygens (including phenoxy) is 2. The van der Waals surface area contributed by atoms with E-state index in [0.29, 0.717) is 23.8 Å². The standard InChI is InChI=1S/C22H23ClN2O4S/c1-4-19-20(26)25(15-7-10-18(23)17(13-15)21(27)29-3)22(30)24(19)12-11-14-5-8-16(28-2)9-6-14/h5-10,13,19H,4,11-12H2,1-3H3. The van der Waals surface area contributed by atoms with E-state index in [-0.39, 0.29) is 22.5 Å². The van der Waals surface area contributed by atoms with E-state index in [9.17, 15) is 9.59 Å². The molecule has 0 saturated carbocycles. The van der Waals surface area contributed by atoms with Crippen molar-refractivity contribution in [1.82, 2.24) is 4.90 Å². The molecular weight excluding hydrogens is 424 g/mol. The lowest BCUT2D eigenvalue weighted by Crippen LogP contribution is -2.36. The molecule has 1 unspecified atom stereocenters. The average molecular weight is 447 g/mol. The first-order valence-corrected chi connectivity index (χ1v) is 10.3. The van der Waals surface area contributed by atoms with E-state index in [1.165, 1.54) is 18.1 Å². The molecule has 0 aliphatic carbocycles. The van der Waals surface area contributed by atoms with Gasteiger partial charge < -0.3 is 14.4 Å². The van der Waals surface area contributed by atoms with Crippen molar-refractivity contribution in [3.63, 3.8) is 0 Å². The zero-order valence-electron chi connectivity index (χ0n) is 17.1. The summed E-state index contributed by atoms with van der Waals surface area (Å²) >= 11 is 11.8. The lowest BCUT2D eigenvalue weighted by molar-refractivity contribution is -0.119. The SMILES string of the molecule is CCC1C(=O)N(c2ccc(Cl)c(C(=O)OC)c2)C(=S)N1CCc1ccc(OC)cc1. The molecule has 2 aromatic rings. The minimum Gasteiger partial charge on any atom is -0.497 e. The second kappa shape index (κ2) is 9.45. The number of carbonyl (C=O) groups excluding carboxylic acids is 2. The van der Waals surface area contributed by atoms with Crippen LogP contribution in [0.4, 0.5) is 5.69 Å². The van der Waals surface area contributed by atoms with Gasteiger partial charge in [-0.1, -0.05) is 30.7 Å². The highest BCUT2D eigenvalue weighted by Gasteiger charge is 2.42. The zero-order chi connectivity index (χ0) is 21.8. The quantitative estimate of drug-likeness (QED) is 0.471. The molecular formula is C22H23ClN2O4S. The Hall–Kier alpha value is -2.64. The van der Waals surface area contributed by atoms with Crippen molar-refractivity contribution >= 4 is 46.5 Å². The maximum atomic E-state index is 13.1. The molecule has 1 heterocycles. The molecule has 8 heteroatoms. The Morgan fingerprint density at radius 3 is 2.47 bits per heavy atom. The van der Waals surface area contributed by atoms with Gasteiger partial charge in [0.2, 0.25) is 0 Å². The van der Waals surface area contributed by atoms with Crippen LogP contribution in [0.1, 0.15) is 29.3 Å². The monoisotopic (exact) mass is 446 g/mol. The molecule has 0 radical (unpaired) electrons. The summed E-state index contributed by atoms with van der Waals surface area (Å²) in [6.45, 7) is 2.56. The van der Waals surface area contributed by atoms with Crippen molar-refractivity contribution in [2.75, 3.05) is 25.7 Å². The van der Waals surface area contributed by atoms with Gasteiger partial charge in [-0.15, -0.1) is 0 Å². The Balaban J connectivity index is 1.83. The number of hydrogen-bond acceptors (Lipinski definition) is 5. The predicted octanol–water partition coefficient (Wildman–Crippen LogP) is 4.09. The molecule has 0 bridgehead atoms. The van der Waals surface area contributed by atoms with Gasteiger partial charge in [0.1, 0.15) is 11.8 Å². The third-order valence-electron chi connectivity index (χ3n) is 5.12. The Bertz CT molecular complexity index is 964. The van der Waals surface area contributed by atoms with E-state index in [2.05, 4.69) is 0 Å². The summed E-state index contributed by atoms with van der Waals surface area (Å²) < 4.78 is 9.97. The number of amides is 1. The minimum atomic E-state index is -0.567. The number of thiocarbonyl (C=S) groups is 1. The van der Waals surface area contributed by atoms with Gasteiger partial charge in [0.25, 0.3) is 5.91 Å². The van der Waals surface area contributed by atoms with Gasteiger partial charge in [0.15, 0.2) is 5.11 Å². The van der Waals surface area contributed by atoms with E-state index in [0.717, 1.165) is 17.7 Å². The van der Waals surface area contributed by atoms with Gasteiger partial charge in [-0.2, -0.15) is 0 Å². The van der Waals surface area contributed by atoms with Crippen LogP contribution in [0, 0.1) is 0 Å². The molecule has 3 rings (SSSR count). The first-order valence-electron chi connectivity index (χ1n) is 9.56. The number of hydrogen-bond donors (Lipinski definition) is 0. The van der Waals surface area contributed by atoms with Crippen molar-refractivity contribution < 1.29 is 19.1 Å². The fourth-order valence-electron chi connectivity index (χ4n) is 3.48. The molecule has 0 aromatic heterocycles. The first-order chi connectivity index (χ1) is 14.4. The summed E-state index contributed by atoms with van der Waals surface area (Å²) in [5.41, 5.74) is 1.82. The highest BCUT2D eigenvalue weighted by molar-refractivity contribution is 7.80. The van der Waals surface area contributed by atoms with Gasteiger partial charge in [-0.25, -0.2) is 4.79 Å². The lowest BCUT2D eigenvalue weighted by atomic mass is 10.1. The summed E-state index contributed by atoms with van der Waals surface area (Å²) in [5, 5.41) is 0.671. The number of benzene rings is 2. The third-order valence-corrected chi connectivity index (χ3v) is 5.87. The molecule has 30 heavy (non-hydrogen) atoms. The molecule has 0 spiro atoms. The summed E-state index contributed by atoms with van der Waals surface area (Å²) in [7, 11) is 2.91. The van der Waals surface area contributed by atoms with Crippen LogP contribution < -0.4 is 9.64 Å². The van der Waals surface area contributed by atoms with Crippen LogP contribution in [-0.2, 0) is 16.0 Å². The molecule has 1 aliphatic rings. The van der Waals surface area contributed by atoms with Crippen molar-refractivity contribution in [3.8, 4) is 5.75 Å². The maximum absolute atomic E-state index is 13.1. The fraction of sp³-hybridized carbons (Fsp3) is 0.318. The fourth-order valence-corrected chi connectivity index (χ4v) is 4.09. The van der Waals surface area contributed by atoms with Crippen molar-refractivity contribution in [2.24, 2.45) is 0 Å². The normalized spacial score (nSPS) is 16.2. The van der Waals surface area contributed by atoms with Crippen LogP contribution in [0.5, 0.6) is 5.75 Å². The maximum Gasteiger partial charge on any atom is 0.339 e. The van der Waals surface area contributed by atoms with E-state index in [1.54, 1.807) is 19.2 Å². The van der Waals surface area contributed by atoms with Crippen molar-refractivity contribution in [2.45, 2.75) is 25.8 Å². The molecule has 158 valence electrons. The minimum absolute atomic E-state index is 0.115. The van der Waals surface area contributed by atoms with Gasteiger partial charge in [-0.05, 0) is 61.0 Å². The Kier molecular flexibility index (Phi) is 6.95. The number of anilines is 1. The molecule has 1 fully saturated rings. The lowest BCUT2D eigenvalue weighted by Gasteiger charge is -2.23. The number of methoxy groups -OCH3 is 2. The van der Waals surface area contributed by atoms with Crippen LogP contribution in [0.15, 0.2) is 42.5 Å². The number of nitrogens with zero attached hydrogens (tertiary/aromatic N) is 2. The third kappa shape index (κ3) is 4.27. The van der Waals surface area contributed by atoms with Gasteiger partial charge in [-0.3, -0.25) is 9.69 Å². The highest BCUT2D eigenvalue weighted by atomic mass is 35.5. The van der Waals surface area contributed by atoms with Crippen molar-refractivity contribution in [1.29, 1.82) is 0 Å². The smallest absolute Gasteiger partial charge is 0.339 e. The molecule has 1 atom stereocenters. The molecule has 2 aromatic carbocycles. The average Bonchev–Trinajstić information content (AvgIpc) is 3.01. The van der Waals surface area contributed by atoms with E-state index < -0.39 is 5.97 Å².